The number of carbonyl (C=O) groups is 6. The number of hydrogen-bond acceptors (Lipinski definition) is 10. The van der Waals surface area contributed by atoms with Crippen LogP contribution < -0.4 is 38.5 Å². The predicted molar refractivity (Wildman–Crippen MR) is 146 cm³/mol. The second-order valence-corrected chi connectivity index (χ2v) is 9.84. The van der Waals surface area contributed by atoms with E-state index in [9.17, 15) is 39.0 Å². The van der Waals surface area contributed by atoms with E-state index in [-0.39, 0.29) is 31.8 Å². The number of nitrogens with zero attached hydrogens (tertiary/aromatic N) is 1. The molecule has 17 nitrogen and oxygen atoms in total. The third kappa shape index (κ3) is 14.5. The highest BCUT2D eigenvalue weighted by molar-refractivity contribution is 7.98. The Morgan fingerprint density at radius 2 is 1.40 bits per heavy atom. The molecule has 18 heteroatoms. The molecule has 13 N–H and O–H groups in total. The Hall–Kier alpha value is -3.64. The van der Waals surface area contributed by atoms with E-state index < -0.39 is 78.3 Å². The maximum Gasteiger partial charge on any atom is 0.328 e. The summed E-state index contributed by atoms with van der Waals surface area (Å²) in [5.74, 6) is -5.88. The fraction of sp³-hybridized carbons (Fsp3) is 0.682. The molecule has 0 saturated carbocycles. The van der Waals surface area contributed by atoms with Crippen molar-refractivity contribution >= 4 is 53.3 Å². The maximum absolute atomic E-state index is 13.2. The number of rotatable bonds is 19. The number of carboxylic acid groups (broad SMARTS) is 2. The summed E-state index contributed by atoms with van der Waals surface area (Å²) in [5, 5.41) is 37.1. The van der Waals surface area contributed by atoms with Gasteiger partial charge in [-0.05, 0) is 45.1 Å². The van der Waals surface area contributed by atoms with Crippen molar-refractivity contribution in [3.63, 3.8) is 0 Å². The number of nitrogens with one attached hydrogen (secondary N) is 4. The summed E-state index contributed by atoms with van der Waals surface area (Å²) in [6, 6.07) is -6.67. The maximum atomic E-state index is 13.2. The summed E-state index contributed by atoms with van der Waals surface area (Å²) in [4.78, 5) is 76.8. The van der Waals surface area contributed by atoms with Crippen molar-refractivity contribution in [2.24, 2.45) is 22.2 Å². The normalized spacial score (nSPS) is 15.2. The van der Waals surface area contributed by atoms with Crippen molar-refractivity contribution < 1.29 is 44.1 Å². The molecule has 0 aliphatic carbocycles. The molecule has 0 bridgehead atoms. The lowest BCUT2D eigenvalue weighted by Gasteiger charge is -2.26. The number of amides is 4. The van der Waals surface area contributed by atoms with Gasteiger partial charge in [0.25, 0.3) is 0 Å². The van der Waals surface area contributed by atoms with E-state index >= 15 is 0 Å². The Balaban J connectivity index is 5.68. The predicted octanol–water partition coefficient (Wildman–Crippen LogP) is -3.98. The minimum atomic E-state index is -1.62. The van der Waals surface area contributed by atoms with Crippen LogP contribution in [-0.2, 0) is 28.8 Å². The number of thioether (sulfide) groups is 1. The van der Waals surface area contributed by atoms with Gasteiger partial charge in [0, 0.05) is 6.54 Å². The van der Waals surface area contributed by atoms with Gasteiger partial charge in [-0.2, -0.15) is 11.8 Å². The molecule has 0 aliphatic rings. The average molecular weight is 593 g/mol. The summed E-state index contributed by atoms with van der Waals surface area (Å²) in [7, 11) is 0. The van der Waals surface area contributed by atoms with Crippen LogP contribution in [-0.4, -0.2) is 112 Å². The van der Waals surface area contributed by atoms with Crippen LogP contribution in [0.15, 0.2) is 4.99 Å². The smallest absolute Gasteiger partial charge is 0.328 e. The number of hydrogen-bond donors (Lipinski definition) is 10. The van der Waals surface area contributed by atoms with Gasteiger partial charge in [-0.3, -0.25) is 29.0 Å². The molecule has 0 heterocycles. The molecule has 0 radical (unpaired) electrons. The van der Waals surface area contributed by atoms with Gasteiger partial charge in [0.05, 0.1) is 18.6 Å². The Bertz CT molecular complexity index is 930. The monoisotopic (exact) mass is 592 g/mol. The largest absolute Gasteiger partial charge is 0.481 e. The van der Waals surface area contributed by atoms with Gasteiger partial charge in [-0.1, -0.05) is 0 Å². The third-order valence-corrected chi connectivity index (χ3v) is 6.00. The van der Waals surface area contributed by atoms with Crippen LogP contribution in [0.25, 0.3) is 0 Å². The van der Waals surface area contributed by atoms with Gasteiger partial charge < -0.3 is 53.8 Å². The first-order valence-corrected chi connectivity index (χ1v) is 13.6. The van der Waals surface area contributed by atoms with Gasteiger partial charge in [0.15, 0.2) is 12.0 Å². The molecule has 40 heavy (non-hydrogen) atoms. The quantitative estimate of drug-likeness (QED) is 0.0389. The first-order valence-electron chi connectivity index (χ1n) is 12.2. The zero-order chi connectivity index (χ0) is 31.0. The van der Waals surface area contributed by atoms with E-state index in [2.05, 4.69) is 26.3 Å². The molecule has 0 aromatic carbocycles. The number of aliphatic carboxylic acids is 2. The number of aliphatic hydroxyl groups is 1. The lowest BCUT2D eigenvalue weighted by atomic mass is 10.1. The molecule has 0 unspecified atom stereocenters. The van der Waals surface area contributed by atoms with E-state index in [4.69, 9.17) is 22.3 Å². The summed E-state index contributed by atoms with van der Waals surface area (Å²) in [6.45, 7) is 2.60. The van der Waals surface area contributed by atoms with Crippen LogP contribution in [0.3, 0.4) is 0 Å². The van der Waals surface area contributed by atoms with Crippen LogP contribution in [0.4, 0.5) is 0 Å². The molecule has 0 aromatic heterocycles. The number of aliphatic imine (C=N–C) groups is 1. The molecule has 0 aliphatic heterocycles. The number of carboxylic acids is 2. The zero-order valence-corrected chi connectivity index (χ0v) is 23.4. The lowest BCUT2D eigenvalue weighted by molar-refractivity contribution is -0.145. The van der Waals surface area contributed by atoms with E-state index in [0.29, 0.717) is 5.75 Å². The van der Waals surface area contributed by atoms with Gasteiger partial charge in [0.1, 0.15) is 18.1 Å². The summed E-state index contributed by atoms with van der Waals surface area (Å²) >= 11 is 1.37. The fourth-order valence-electron chi connectivity index (χ4n) is 3.16. The molecule has 0 saturated heterocycles. The molecule has 6 atom stereocenters. The zero-order valence-electron chi connectivity index (χ0n) is 22.6. The van der Waals surface area contributed by atoms with Crippen LogP contribution in [0.2, 0.25) is 0 Å². The van der Waals surface area contributed by atoms with Crippen molar-refractivity contribution in [2.75, 3.05) is 18.6 Å². The number of carbonyl (C=O) groups excluding carboxylic acids is 4. The summed E-state index contributed by atoms with van der Waals surface area (Å²) in [6.07, 6.45) is 0.0282. The van der Waals surface area contributed by atoms with E-state index in [1.165, 1.54) is 25.6 Å². The topological polar surface area (TPSA) is 302 Å². The summed E-state index contributed by atoms with van der Waals surface area (Å²) in [5.41, 5.74) is 16.1. The van der Waals surface area contributed by atoms with Gasteiger partial charge in [0.2, 0.25) is 23.6 Å². The molecule has 228 valence electrons. The van der Waals surface area contributed by atoms with E-state index in [1.54, 1.807) is 6.26 Å². The minimum Gasteiger partial charge on any atom is -0.481 e. The number of aliphatic hydroxyl groups excluding tert-OH is 1. The van der Waals surface area contributed by atoms with Crippen molar-refractivity contribution in [3.8, 4) is 0 Å². The lowest BCUT2D eigenvalue weighted by Crippen LogP contribution is -2.59. The Kier molecular flexibility index (Phi) is 16.9. The molecule has 4 amide bonds. The van der Waals surface area contributed by atoms with Crippen molar-refractivity contribution in [1.29, 1.82) is 0 Å². The fourth-order valence-corrected chi connectivity index (χ4v) is 3.63. The average Bonchev–Trinajstić information content (AvgIpc) is 2.85. The second-order valence-electron chi connectivity index (χ2n) is 8.85. The van der Waals surface area contributed by atoms with Crippen LogP contribution in [0.5, 0.6) is 0 Å². The second kappa shape index (κ2) is 18.6. The molecule has 0 spiro atoms. The summed E-state index contributed by atoms with van der Waals surface area (Å²) < 4.78 is 0. The Labute approximate surface area is 235 Å². The molecule has 0 rings (SSSR count). The van der Waals surface area contributed by atoms with Gasteiger partial charge in [-0.15, -0.1) is 0 Å². The number of nitrogens with two attached hydrogens (primary N) is 3. The van der Waals surface area contributed by atoms with E-state index in [1.807, 2.05) is 0 Å². The van der Waals surface area contributed by atoms with E-state index in [0.717, 1.165) is 0 Å². The molecule has 0 aromatic rings. The highest BCUT2D eigenvalue weighted by atomic mass is 32.2. The Morgan fingerprint density at radius 1 is 0.850 bits per heavy atom. The van der Waals surface area contributed by atoms with Crippen LogP contribution >= 0.6 is 11.8 Å². The van der Waals surface area contributed by atoms with Gasteiger partial charge >= 0.3 is 11.9 Å². The Morgan fingerprint density at radius 3 is 1.90 bits per heavy atom. The SMILES string of the molecule is CSCC[C@H](NC(=O)[C@H](CCCN=C(N)N)NC(=O)[C@H](C)NC(=O)[C@@H](N)CC(=O)O)C(=O)N[C@H](C(=O)O)[C@@H](C)O. The highest BCUT2D eigenvalue weighted by Gasteiger charge is 2.32. The van der Waals surface area contributed by atoms with Crippen LogP contribution in [0.1, 0.15) is 39.5 Å². The first-order chi connectivity index (χ1) is 18.6. The third-order valence-electron chi connectivity index (χ3n) is 5.35. The van der Waals surface area contributed by atoms with Gasteiger partial charge in [-0.25, -0.2) is 4.79 Å². The van der Waals surface area contributed by atoms with Crippen molar-refractivity contribution in [1.82, 2.24) is 21.3 Å². The molecular weight excluding hydrogens is 552 g/mol. The standard InChI is InChI=1S/C22H40N8O9S/c1-10(27-18(35)12(23)9-15(32)33)17(34)28-13(5-4-7-26-22(24)25)19(36)29-14(6-8-40-3)20(37)30-16(11(2)31)21(38)39/h10-14,16,31H,4-9,23H2,1-3H3,(H,27,35)(H,28,34)(H,29,36)(H,30,37)(H,32,33)(H,38,39)(H4,24,25,26)/t10-,11+,12-,13-,14-,16-/m0/s1. The minimum absolute atomic E-state index is 0.00976. The number of guanidine groups is 1. The van der Waals surface area contributed by atoms with Crippen LogP contribution in [0, 0.1) is 0 Å². The first kappa shape index (κ1) is 36.4. The van der Waals surface area contributed by atoms with Crippen molar-refractivity contribution in [2.45, 2.75) is 75.8 Å². The highest BCUT2D eigenvalue weighted by Crippen LogP contribution is 2.06. The molecule has 0 fully saturated rings. The molecular formula is C22H40N8O9S. The van der Waals surface area contributed by atoms with Crippen molar-refractivity contribution in [3.05, 3.63) is 0 Å².